The van der Waals surface area contributed by atoms with Crippen molar-refractivity contribution >= 4 is 38.4 Å². The topological polar surface area (TPSA) is 111 Å². The largest absolute Gasteiger partial charge is 0.503 e. The number of benzene rings is 2. The molecule has 1 N–H and O–H groups in total. The summed E-state index contributed by atoms with van der Waals surface area (Å²) in [6.45, 7) is 5.01. The van der Waals surface area contributed by atoms with Crippen molar-refractivity contribution in [1.29, 1.82) is 0 Å². The van der Waals surface area contributed by atoms with Gasteiger partial charge in [-0.3, -0.25) is 14.5 Å². The Balaban J connectivity index is 1.62. The lowest BCUT2D eigenvalue weighted by atomic mass is 9.95. The van der Waals surface area contributed by atoms with Crippen LogP contribution < -0.4 is 19.1 Å². The summed E-state index contributed by atoms with van der Waals surface area (Å²) in [7, 11) is 1.52. The van der Waals surface area contributed by atoms with Crippen molar-refractivity contribution in [3.63, 3.8) is 0 Å². The third-order valence-electron chi connectivity index (χ3n) is 6.32. The molecule has 0 spiro atoms. The maximum atomic E-state index is 13.5. The number of anilines is 1. The molecule has 1 atom stereocenters. The van der Waals surface area contributed by atoms with Gasteiger partial charge >= 0.3 is 0 Å². The van der Waals surface area contributed by atoms with E-state index >= 15 is 0 Å². The molecule has 202 valence electrons. The summed E-state index contributed by atoms with van der Waals surface area (Å²) in [5.41, 5.74) is 1.09. The number of rotatable bonds is 11. The molecular formula is C29H28N2O7S. The molecule has 9 nitrogen and oxygen atoms in total. The van der Waals surface area contributed by atoms with E-state index in [2.05, 4.69) is 11.9 Å². The Bertz CT molecular complexity index is 1540. The van der Waals surface area contributed by atoms with Gasteiger partial charge in [-0.25, -0.2) is 4.98 Å². The van der Waals surface area contributed by atoms with Crippen molar-refractivity contribution in [1.82, 2.24) is 4.98 Å². The standard InChI is InChI=1S/C29H28N2O7S/c1-4-6-13-37-20-12-9-17(15-22(20)35-3)25-24(26(32)21-8-7-14-38-21)27(33)28(34)31(25)29-30-19-11-10-18(36-5-2)16-23(19)39-29/h7-12,14-16,25,33H,4-6,13H2,1-3H3. The van der Waals surface area contributed by atoms with Gasteiger partial charge in [0.15, 0.2) is 28.1 Å². The van der Waals surface area contributed by atoms with Crippen molar-refractivity contribution in [2.24, 2.45) is 0 Å². The van der Waals surface area contributed by atoms with Gasteiger partial charge in [0.05, 0.1) is 48.4 Å². The first kappa shape index (κ1) is 26.3. The number of thiazole rings is 1. The summed E-state index contributed by atoms with van der Waals surface area (Å²) in [5.74, 6) is -0.311. The minimum absolute atomic E-state index is 0.00772. The predicted octanol–water partition coefficient (Wildman–Crippen LogP) is 6.26. The summed E-state index contributed by atoms with van der Waals surface area (Å²) < 4.78 is 23.2. The lowest BCUT2D eigenvalue weighted by Crippen LogP contribution is -2.31. The third-order valence-corrected chi connectivity index (χ3v) is 7.34. The van der Waals surface area contributed by atoms with Crippen molar-refractivity contribution in [2.75, 3.05) is 25.2 Å². The first-order chi connectivity index (χ1) is 19.0. The number of methoxy groups -OCH3 is 1. The Hall–Kier alpha value is -4.31. The molecule has 1 aliphatic heterocycles. The van der Waals surface area contributed by atoms with Crippen LogP contribution in [0.2, 0.25) is 0 Å². The predicted molar refractivity (Wildman–Crippen MR) is 147 cm³/mol. The van der Waals surface area contributed by atoms with Gasteiger partial charge in [-0.2, -0.15) is 0 Å². The molecule has 0 saturated heterocycles. The van der Waals surface area contributed by atoms with E-state index in [1.807, 2.05) is 25.1 Å². The van der Waals surface area contributed by atoms with E-state index in [0.29, 0.717) is 46.7 Å². The SMILES string of the molecule is CCCCOc1ccc(C2C(C(=O)c3ccco3)=C(O)C(=O)N2c2nc3ccc(OCC)cc3s2)cc1OC. The normalized spacial score (nSPS) is 15.3. The molecule has 10 heteroatoms. The quantitative estimate of drug-likeness (QED) is 0.173. The minimum atomic E-state index is -0.986. The number of furan rings is 1. The van der Waals surface area contributed by atoms with Crippen LogP contribution in [0.5, 0.6) is 17.2 Å². The highest BCUT2D eigenvalue weighted by Gasteiger charge is 2.46. The Morgan fingerprint density at radius 2 is 1.97 bits per heavy atom. The highest BCUT2D eigenvalue weighted by atomic mass is 32.1. The number of amides is 1. The fraction of sp³-hybridized carbons (Fsp3) is 0.276. The van der Waals surface area contributed by atoms with Crippen LogP contribution >= 0.6 is 11.3 Å². The maximum Gasteiger partial charge on any atom is 0.296 e. The number of aromatic nitrogens is 1. The number of aliphatic hydroxyl groups excluding tert-OH is 1. The Kier molecular flexibility index (Phi) is 7.56. The monoisotopic (exact) mass is 548 g/mol. The molecule has 5 rings (SSSR count). The summed E-state index contributed by atoms with van der Waals surface area (Å²) in [4.78, 5) is 33.1. The third kappa shape index (κ3) is 4.95. The molecule has 0 radical (unpaired) electrons. The first-order valence-electron chi connectivity index (χ1n) is 12.7. The summed E-state index contributed by atoms with van der Waals surface area (Å²) in [5, 5.41) is 11.4. The van der Waals surface area contributed by atoms with E-state index in [0.717, 1.165) is 17.5 Å². The number of Topliss-reactive ketones (excluding diaryl/α,β-unsaturated/α-hetero) is 1. The van der Waals surface area contributed by atoms with Crippen LogP contribution in [-0.2, 0) is 4.79 Å². The Labute approximate surface area is 229 Å². The number of nitrogens with zero attached hydrogens (tertiary/aromatic N) is 2. The van der Waals surface area contributed by atoms with Gasteiger partial charge in [-0.1, -0.05) is 30.7 Å². The minimum Gasteiger partial charge on any atom is -0.503 e. The zero-order chi connectivity index (χ0) is 27.5. The lowest BCUT2D eigenvalue weighted by molar-refractivity contribution is -0.117. The van der Waals surface area contributed by atoms with Gasteiger partial charge in [0.1, 0.15) is 5.75 Å². The fourth-order valence-electron chi connectivity index (χ4n) is 4.44. The summed E-state index contributed by atoms with van der Waals surface area (Å²) in [6, 6.07) is 12.7. The first-order valence-corrected chi connectivity index (χ1v) is 13.5. The second-order valence-corrected chi connectivity index (χ2v) is 9.83. The van der Waals surface area contributed by atoms with Gasteiger partial charge in [0, 0.05) is 0 Å². The van der Waals surface area contributed by atoms with Crippen molar-refractivity contribution in [2.45, 2.75) is 32.7 Å². The lowest BCUT2D eigenvalue weighted by Gasteiger charge is -2.25. The van der Waals surface area contributed by atoms with Crippen LogP contribution in [0.25, 0.3) is 10.2 Å². The number of carbonyl (C=O) groups is 2. The number of ether oxygens (including phenoxy) is 3. The molecule has 39 heavy (non-hydrogen) atoms. The number of hydrogen-bond acceptors (Lipinski definition) is 9. The Morgan fingerprint density at radius 1 is 1.13 bits per heavy atom. The number of ketones is 1. The van der Waals surface area contributed by atoms with Crippen LogP contribution in [0.4, 0.5) is 5.13 Å². The van der Waals surface area contributed by atoms with Gasteiger partial charge in [-0.15, -0.1) is 0 Å². The van der Waals surface area contributed by atoms with E-state index in [9.17, 15) is 14.7 Å². The molecule has 0 aliphatic carbocycles. The van der Waals surface area contributed by atoms with Crippen LogP contribution in [-0.4, -0.2) is 42.1 Å². The second-order valence-electron chi connectivity index (χ2n) is 8.82. The van der Waals surface area contributed by atoms with Crippen LogP contribution in [0.15, 0.2) is 70.5 Å². The molecule has 0 saturated carbocycles. The molecule has 1 unspecified atom stereocenters. The van der Waals surface area contributed by atoms with E-state index in [4.69, 9.17) is 18.6 Å². The summed E-state index contributed by atoms with van der Waals surface area (Å²) >= 11 is 1.26. The van der Waals surface area contributed by atoms with Gasteiger partial charge in [0.25, 0.3) is 5.91 Å². The van der Waals surface area contributed by atoms with Gasteiger partial charge in [-0.05, 0) is 61.4 Å². The molecule has 1 amide bonds. The molecular weight excluding hydrogens is 520 g/mol. The van der Waals surface area contributed by atoms with Crippen molar-refractivity contribution < 1.29 is 33.3 Å². The average Bonchev–Trinajstić information content (AvgIpc) is 3.67. The average molecular weight is 549 g/mol. The van der Waals surface area contributed by atoms with E-state index in [1.165, 1.54) is 35.7 Å². The molecule has 2 aromatic carbocycles. The second kappa shape index (κ2) is 11.2. The molecule has 0 bridgehead atoms. The number of aliphatic hydroxyl groups is 1. The smallest absolute Gasteiger partial charge is 0.296 e. The highest BCUT2D eigenvalue weighted by Crippen LogP contribution is 2.46. The number of carbonyl (C=O) groups excluding carboxylic acids is 2. The van der Waals surface area contributed by atoms with Crippen LogP contribution in [0, 0.1) is 0 Å². The van der Waals surface area contributed by atoms with Gasteiger partial charge < -0.3 is 23.7 Å². The zero-order valence-electron chi connectivity index (χ0n) is 21.8. The van der Waals surface area contributed by atoms with E-state index in [-0.39, 0.29) is 11.3 Å². The fourth-order valence-corrected chi connectivity index (χ4v) is 5.46. The van der Waals surface area contributed by atoms with E-state index in [1.54, 1.807) is 24.3 Å². The molecule has 2 aromatic heterocycles. The van der Waals surface area contributed by atoms with Crippen LogP contribution in [0.1, 0.15) is 48.8 Å². The van der Waals surface area contributed by atoms with E-state index < -0.39 is 23.5 Å². The van der Waals surface area contributed by atoms with Crippen molar-refractivity contribution in [3.05, 3.63) is 77.5 Å². The number of fused-ring (bicyclic) bond motifs is 1. The summed E-state index contributed by atoms with van der Waals surface area (Å²) in [6.07, 6.45) is 3.23. The molecule has 3 heterocycles. The van der Waals surface area contributed by atoms with Crippen molar-refractivity contribution in [3.8, 4) is 17.2 Å². The van der Waals surface area contributed by atoms with Crippen LogP contribution in [0.3, 0.4) is 0 Å². The molecule has 0 fully saturated rings. The zero-order valence-corrected chi connectivity index (χ0v) is 22.6. The van der Waals surface area contributed by atoms with Gasteiger partial charge in [0.2, 0.25) is 5.78 Å². The maximum absolute atomic E-state index is 13.5. The molecule has 1 aliphatic rings. The highest BCUT2D eigenvalue weighted by molar-refractivity contribution is 7.22. The number of unbranched alkanes of at least 4 members (excludes halogenated alkanes) is 1. The Morgan fingerprint density at radius 3 is 2.69 bits per heavy atom. The number of hydrogen-bond donors (Lipinski definition) is 1. The molecule has 4 aromatic rings.